The minimum Gasteiger partial charge on any atom is -0.493 e. The number of aromatic carboxylic acids is 6. The van der Waals surface area contributed by atoms with E-state index < -0.39 is 35.8 Å². The number of thioether (sulfide) groups is 1. The molecule has 40 nitrogen and oxygen atoms in total. The van der Waals surface area contributed by atoms with Crippen molar-refractivity contribution in [3.05, 3.63) is 195 Å². The highest BCUT2D eigenvalue weighted by atomic mass is 32.2. The molecular weight excluding hydrogens is 1810 g/mol. The van der Waals surface area contributed by atoms with Crippen LogP contribution in [-0.2, 0) is 103 Å². The Hall–Kier alpha value is -10.5. The van der Waals surface area contributed by atoms with E-state index >= 15 is 0 Å². The van der Waals surface area contributed by atoms with Crippen LogP contribution in [0, 0.1) is 10.7 Å². The number of isothiocyanates is 2. The number of carboxylic acid groups (broad SMARTS) is 6. The number of carboxylic acids is 6. The normalized spacial score (nSPS) is 16.8. The average molecular weight is 1940 g/mol. The zero-order valence-electron chi connectivity index (χ0n) is 75.2. The molecule has 0 amide bonds. The van der Waals surface area contributed by atoms with E-state index in [4.69, 9.17) is 66.8 Å². The number of nitrogens with zero attached hydrogens (tertiary/aromatic N) is 15. The third-order valence-corrected chi connectivity index (χ3v) is 20.4. The van der Waals surface area contributed by atoms with E-state index in [1.807, 2.05) is 43.3 Å². The standard InChI is InChI=1S/C35H43N5O9S.C27H35N5O8S.C26H36N4O8.C3H5NS.CH4/c36-26-50-31-6-4-27(5-7-31)8-13-49-30-22-29(38-33(23-30)35(43)44)25-40-11-16-47-20-18-45-14-9-39(10-15-46-19-21-48-17-12-40)24-28-2-1-3-32(37-28)34(41)42;33-26(34)24-3-1-2-21(29-24)18-31-4-8-37-12-14-39-10-6-32(7-11-40-15-13-38-9-5-31)19-23-16-22(28-20-41)17-25(30-23)27(35)36;31-25(32)23-5-1-3-21(27-23)19-29-7-11-35-15-17-37-13-9-30(10-14-38-18-16-36-12-8-29)20-22-4-2-6-24(28-22)26(33)34;1-2-4-3-5;/h1-7,22-23H,8-21,24-25H2,(H,41,42)(H,43,44);1-3,16-17H,4-15,18-19H2,(H,33,34)(H,35,36);1-6H,7-20H2,(H,31,32)(H,33,34);2H2,1H3;1H4. The first kappa shape index (κ1) is 113. The predicted octanol–water partition coefficient (Wildman–Crippen LogP) is 8.45. The number of nitriles is 1. The molecule has 0 saturated carbocycles. The first-order valence-electron chi connectivity index (χ1n) is 43.7. The Morgan fingerprint density at radius 2 is 0.615 bits per heavy atom. The van der Waals surface area contributed by atoms with Crippen molar-refractivity contribution in [3.63, 3.8) is 0 Å². The lowest BCUT2D eigenvalue weighted by atomic mass is 10.2. The van der Waals surface area contributed by atoms with E-state index in [9.17, 15) is 59.4 Å². The Balaban J connectivity index is 0.000000305. The fraction of sp³-hybridized carbons (Fsp3) is 0.511. The van der Waals surface area contributed by atoms with Gasteiger partial charge in [-0.2, -0.15) is 10.3 Å². The number of hydrogen-bond donors (Lipinski definition) is 6. The van der Waals surface area contributed by atoms with Crippen LogP contribution >= 0.6 is 36.2 Å². The summed E-state index contributed by atoms with van der Waals surface area (Å²) in [6.07, 6.45) is 0.616. The Bertz CT molecular complexity index is 4640. The Kier molecular flexibility index (Phi) is 58.1. The van der Waals surface area contributed by atoms with E-state index in [-0.39, 0.29) is 41.6 Å². The molecule has 0 radical (unpaired) electrons. The molecule has 135 heavy (non-hydrogen) atoms. The number of aromatic nitrogens is 6. The fourth-order valence-electron chi connectivity index (χ4n) is 12.8. The lowest BCUT2D eigenvalue weighted by Crippen LogP contribution is -2.33. The van der Waals surface area contributed by atoms with Crippen molar-refractivity contribution in [2.45, 2.75) is 64.9 Å². The molecule has 3 fully saturated rings. The molecule has 0 unspecified atom stereocenters. The van der Waals surface area contributed by atoms with Crippen LogP contribution in [0.1, 0.15) is 117 Å². The van der Waals surface area contributed by atoms with Gasteiger partial charge >= 0.3 is 35.8 Å². The van der Waals surface area contributed by atoms with E-state index in [0.29, 0.717) is 335 Å². The zero-order valence-corrected chi connectivity index (χ0v) is 77.7. The van der Waals surface area contributed by atoms with Crippen molar-refractivity contribution in [3.8, 4) is 11.2 Å². The topological polar surface area (TPSA) is 489 Å². The molecule has 3 aliphatic rings. The van der Waals surface area contributed by atoms with Gasteiger partial charge in [0, 0.05) is 148 Å². The van der Waals surface area contributed by atoms with E-state index in [2.05, 4.69) is 109 Å². The lowest BCUT2D eigenvalue weighted by molar-refractivity contribution is 0.00596. The van der Waals surface area contributed by atoms with Crippen molar-refractivity contribution in [2.24, 2.45) is 9.98 Å². The zero-order chi connectivity index (χ0) is 95.8. The number of pyridine rings is 6. The summed E-state index contributed by atoms with van der Waals surface area (Å²) in [6.45, 7) is 23.5. The highest BCUT2D eigenvalue weighted by Gasteiger charge is 2.21. The molecular formula is C92H123N15O25S3. The largest absolute Gasteiger partial charge is 0.493 e. The number of hydrogen-bond acceptors (Lipinski definition) is 37. The Morgan fingerprint density at radius 1 is 0.356 bits per heavy atom. The number of thiocyanates is 1. The summed E-state index contributed by atoms with van der Waals surface area (Å²) in [5.74, 6) is -6.08. The Labute approximate surface area is 800 Å². The molecule has 7 aromatic rings. The second-order valence-electron chi connectivity index (χ2n) is 29.5. The summed E-state index contributed by atoms with van der Waals surface area (Å²) in [5.41, 5.74) is 5.05. The molecule has 0 bridgehead atoms. The lowest BCUT2D eigenvalue weighted by Gasteiger charge is -2.23. The summed E-state index contributed by atoms with van der Waals surface area (Å²) in [4.78, 5) is 115. The molecule has 9 heterocycles. The van der Waals surface area contributed by atoms with Crippen LogP contribution in [-0.4, -0.2) is 386 Å². The van der Waals surface area contributed by atoms with Crippen LogP contribution in [0.5, 0.6) is 5.75 Å². The second-order valence-corrected chi connectivity index (χ2v) is 30.7. The van der Waals surface area contributed by atoms with E-state index in [1.54, 1.807) is 48.5 Å². The van der Waals surface area contributed by atoms with Gasteiger partial charge in [-0.05, 0) is 121 Å². The van der Waals surface area contributed by atoms with Crippen molar-refractivity contribution in [1.82, 2.24) is 59.3 Å². The van der Waals surface area contributed by atoms with Gasteiger partial charge in [-0.25, -0.2) is 63.7 Å². The number of benzene rings is 1. The molecule has 3 aliphatic heterocycles. The maximum Gasteiger partial charge on any atom is 0.354 e. The first-order valence-corrected chi connectivity index (χ1v) is 45.3. The van der Waals surface area contributed by atoms with Gasteiger partial charge in [-0.1, -0.05) is 43.8 Å². The molecule has 0 atom stereocenters. The summed E-state index contributed by atoms with van der Waals surface area (Å²) < 4.78 is 75.3. The molecule has 0 spiro atoms. The van der Waals surface area contributed by atoms with Crippen LogP contribution in [0.4, 0.5) is 5.69 Å². The van der Waals surface area contributed by atoms with Gasteiger partial charge in [-0.15, -0.1) is 0 Å². The molecule has 1 aromatic carbocycles. The van der Waals surface area contributed by atoms with Gasteiger partial charge in [0.05, 0.1) is 215 Å². The quantitative estimate of drug-likeness (QED) is 0.0135. The SMILES string of the molecule is C.CCN=C=S.N#CSc1ccc(CCOc2cc(CN3CCOCCOCCN(Cc4cccc(C(=O)O)n4)CCOCCOCC3)nc(C(=O)O)c2)cc1.O=C(O)c1cccc(CN2CCOCCOCCN(Cc3cc(N=C=S)cc(C(=O)O)n3)CCOCCOCC2)n1.O=C(O)c1cccc(CN2CCOCCOCCN(Cc3cccc(C(=O)O)n3)CCOCCOCC2)n1. The van der Waals surface area contributed by atoms with Crippen molar-refractivity contribution in [1.29, 1.82) is 5.26 Å². The van der Waals surface area contributed by atoms with Crippen molar-refractivity contribution in [2.75, 3.05) is 250 Å². The summed E-state index contributed by atoms with van der Waals surface area (Å²) in [6, 6.07) is 33.8. The van der Waals surface area contributed by atoms with Gasteiger partial charge in [-0.3, -0.25) is 29.4 Å². The molecule has 0 aliphatic carbocycles. The van der Waals surface area contributed by atoms with E-state index in [1.165, 1.54) is 36.4 Å². The molecule has 3 saturated heterocycles. The minimum absolute atomic E-state index is 0. The molecule has 734 valence electrons. The number of carbonyl (C=O) groups is 6. The third kappa shape index (κ3) is 49.7. The Morgan fingerprint density at radius 3 is 0.859 bits per heavy atom. The van der Waals surface area contributed by atoms with Crippen LogP contribution < -0.4 is 4.74 Å². The van der Waals surface area contributed by atoms with Crippen LogP contribution in [0.25, 0.3) is 0 Å². The maximum atomic E-state index is 11.9. The predicted molar refractivity (Wildman–Crippen MR) is 503 cm³/mol. The second kappa shape index (κ2) is 69.3. The minimum atomic E-state index is -1.15. The van der Waals surface area contributed by atoms with Gasteiger partial charge in [0.2, 0.25) is 0 Å². The molecule has 10 rings (SSSR count). The third-order valence-electron chi connectivity index (χ3n) is 19.6. The van der Waals surface area contributed by atoms with Gasteiger partial charge in [0.25, 0.3) is 0 Å². The summed E-state index contributed by atoms with van der Waals surface area (Å²) >= 11 is 10.00. The summed E-state index contributed by atoms with van der Waals surface area (Å²) in [5, 5.41) is 71.4. The van der Waals surface area contributed by atoms with Crippen LogP contribution in [0.2, 0.25) is 0 Å². The average Bonchev–Trinajstić information content (AvgIpc) is 0.862. The highest BCUT2D eigenvalue weighted by molar-refractivity contribution is 8.03. The number of ether oxygens (including phenoxy) is 13. The van der Waals surface area contributed by atoms with Crippen LogP contribution in [0.15, 0.2) is 136 Å². The van der Waals surface area contributed by atoms with Crippen molar-refractivity contribution < 1.29 is 121 Å². The molecule has 43 heteroatoms. The number of thiocarbonyl (C=S) groups is 2. The summed E-state index contributed by atoms with van der Waals surface area (Å²) in [7, 11) is 0. The fourth-order valence-corrected chi connectivity index (χ4v) is 13.5. The maximum absolute atomic E-state index is 11.9. The number of rotatable bonds is 25. The van der Waals surface area contributed by atoms with Gasteiger partial charge in [0.1, 0.15) is 33.9 Å². The van der Waals surface area contributed by atoms with Crippen LogP contribution in [0.3, 0.4) is 0 Å². The van der Waals surface area contributed by atoms with Gasteiger partial charge in [0.15, 0.2) is 11.4 Å². The monoisotopic (exact) mass is 1930 g/mol. The smallest absolute Gasteiger partial charge is 0.354 e. The van der Waals surface area contributed by atoms with Gasteiger partial charge < -0.3 is 92.2 Å². The highest BCUT2D eigenvalue weighted by Crippen LogP contribution is 2.22. The number of aliphatic imine (C=N–C) groups is 2. The molecule has 6 N–H and O–H groups in total. The first-order chi connectivity index (χ1) is 65.3. The van der Waals surface area contributed by atoms with E-state index in [0.717, 1.165) is 28.8 Å². The van der Waals surface area contributed by atoms with Crippen molar-refractivity contribution >= 4 is 88.0 Å². The molecule has 6 aromatic heterocycles.